The van der Waals surface area contributed by atoms with E-state index in [1.807, 2.05) is 6.07 Å². The molecule has 0 fully saturated rings. The van der Waals surface area contributed by atoms with Gasteiger partial charge in [-0.2, -0.15) is 5.26 Å². The van der Waals surface area contributed by atoms with Crippen LogP contribution in [0, 0.1) is 21.4 Å². The minimum absolute atomic E-state index is 0.0549. The maximum absolute atomic E-state index is 11.8. The van der Waals surface area contributed by atoms with E-state index in [9.17, 15) is 19.7 Å². The van der Waals surface area contributed by atoms with Crippen LogP contribution in [0.4, 0.5) is 5.69 Å². The number of nitriles is 1. The normalized spacial score (nSPS) is 10.7. The second kappa shape index (κ2) is 7.55. The number of carboxylic acids is 1. The van der Waals surface area contributed by atoms with Crippen molar-refractivity contribution in [1.82, 2.24) is 0 Å². The lowest BCUT2D eigenvalue weighted by molar-refractivity contribution is -0.384. The van der Waals surface area contributed by atoms with Crippen molar-refractivity contribution >= 4 is 23.5 Å². The lowest BCUT2D eigenvalue weighted by Crippen LogP contribution is -2.12. The first-order chi connectivity index (χ1) is 9.95. The SMILES string of the molecule is N#CCCCC(=O)C(=Cc1cccc([N+](=O)[O-])c1)C(=O)O. The molecule has 0 spiro atoms. The van der Waals surface area contributed by atoms with Crippen LogP contribution in [-0.4, -0.2) is 21.8 Å². The Balaban J connectivity index is 3.02. The molecule has 1 aromatic rings. The van der Waals surface area contributed by atoms with Gasteiger partial charge in [0.05, 0.1) is 11.0 Å². The van der Waals surface area contributed by atoms with Gasteiger partial charge >= 0.3 is 5.97 Å². The standard InChI is InChI=1S/C14H12N2O5/c15-7-2-1-6-13(17)12(14(18)19)9-10-4-3-5-11(8-10)16(20)21/h3-5,8-9H,1-2,6H2,(H,18,19). The van der Waals surface area contributed by atoms with Crippen molar-refractivity contribution in [3.8, 4) is 6.07 Å². The van der Waals surface area contributed by atoms with Crippen LogP contribution in [0.2, 0.25) is 0 Å². The highest BCUT2D eigenvalue weighted by molar-refractivity contribution is 6.20. The first-order valence-electron chi connectivity index (χ1n) is 6.05. The molecule has 1 N–H and O–H groups in total. The molecule has 7 nitrogen and oxygen atoms in total. The zero-order valence-electron chi connectivity index (χ0n) is 11.0. The molecule has 0 atom stereocenters. The van der Waals surface area contributed by atoms with Crippen LogP contribution in [0.3, 0.4) is 0 Å². The molecule has 7 heteroatoms. The van der Waals surface area contributed by atoms with Crippen LogP contribution in [0.15, 0.2) is 29.8 Å². The molecule has 0 saturated heterocycles. The Morgan fingerprint density at radius 3 is 2.71 bits per heavy atom. The van der Waals surface area contributed by atoms with Crippen molar-refractivity contribution < 1.29 is 19.6 Å². The van der Waals surface area contributed by atoms with E-state index in [0.717, 1.165) is 6.08 Å². The molecule has 1 rings (SSSR count). The number of Topliss-reactive ketones (excluding diaryl/α,β-unsaturated/α-hetero) is 1. The molecule has 108 valence electrons. The molecule has 21 heavy (non-hydrogen) atoms. The van der Waals surface area contributed by atoms with Crippen LogP contribution < -0.4 is 0 Å². The Labute approximate surface area is 120 Å². The maximum Gasteiger partial charge on any atom is 0.339 e. The molecule has 0 bridgehead atoms. The summed E-state index contributed by atoms with van der Waals surface area (Å²) in [5, 5.41) is 28.1. The van der Waals surface area contributed by atoms with Gasteiger partial charge in [0.25, 0.3) is 5.69 Å². The molecule has 0 saturated carbocycles. The molecule has 0 amide bonds. The highest BCUT2D eigenvalue weighted by Crippen LogP contribution is 2.17. The molecule has 0 aliphatic rings. The highest BCUT2D eigenvalue weighted by atomic mass is 16.6. The average Bonchev–Trinajstić information content (AvgIpc) is 2.44. The molecular weight excluding hydrogens is 276 g/mol. The molecule has 0 heterocycles. The first kappa shape index (κ1) is 16.0. The largest absolute Gasteiger partial charge is 0.478 e. The van der Waals surface area contributed by atoms with Gasteiger partial charge < -0.3 is 5.11 Å². The number of nitro benzene ring substituents is 1. The van der Waals surface area contributed by atoms with Gasteiger partial charge in [-0.15, -0.1) is 0 Å². The third-order valence-corrected chi connectivity index (χ3v) is 2.62. The molecule has 0 aromatic heterocycles. The number of benzene rings is 1. The van der Waals surface area contributed by atoms with Crippen molar-refractivity contribution in [3.63, 3.8) is 0 Å². The van der Waals surface area contributed by atoms with Crippen molar-refractivity contribution in [2.24, 2.45) is 0 Å². The second-order valence-electron chi connectivity index (χ2n) is 4.15. The van der Waals surface area contributed by atoms with Crippen LogP contribution in [-0.2, 0) is 9.59 Å². The van der Waals surface area contributed by atoms with E-state index in [4.69, 9.17) is 10.4 Å². The summed E-state index contributed by atoms with van der Waals surface area (Å²) < 4.78 is 0. The summed E-state index contributed by atoms with van der Waals surface area (Å²) in [6.45, 7) is 0. The predicted molar refractivity (Wildman–Crippen MR) is 73.2 cm³/mol. The zero-order chi connectivity index (χ0) is 15.8. The minimum Gasteiger partial charge on any atom is -0.478 e. The lowest BCUT2D eigenvalue weighted by Gasteiger charge is -2.01. The molecule has 0 aliphatic carbocycles. The van der Waals surface area contributed by atoms with Crippen LogP contribution in [0.1, 0.15) is 24.8 Å². The minimum atomic E-state index is -1.40. The number of carboxylic acid groups (broad SMARTS) is 1. The highest BCUT2D eigenvalue weighted by Gasteiger charge is 2.17. The van der Waals surface area contributed by atoms with Gasteiger partial charge in [-0.1, -0.05) is 12.1 Å². The number of hydrogen-bond donors (Lipinski definition) is 1. The van der Waals surface area contributed by atoms with Gasteiger partial charge in [-0.3, -0.25) is 14.9 Å². The van der Waals surface area contributed by atoms with Crippen molar-refractivity contribution in [1.29, 1.82) is 5.26 Å². The Bertz CT molecular complexity index is 643. The van der Waals surface area contributed by atoms with E-state index in [1.165, 1.54) is 24.3 Å². The number of ketones is 1. The number of nitrogens with zero attached hydrogens (tertiary/aromatic N) is 2. The third-order valence-electron chi connectivity index (χ3n) is 2.62. The van der Waals surface area contributed by atoms with Gasteiger partial charge in [0.1, 0.15) is 5.57 Å². The summed E-state index contributed by atoms with van der Waals surface area (Å²) in [5.74, 6) is -2.01. The van der Waals surface area contributed by atoms with Gasteiger partial charge in [0.2, 0.25) is 0 Å². The van der Waals surface area contributed by atoms with Gasteiger partial charge in [0.15, 0.2) is 5.78 Å². The fraction of sp³-hybridized carbons (Fsp3) is 0.214. The summed E-state index contributed by atoms with van der Waals surface area (Å²) in [6.07, 6.45) is 1.48. The topological polar surface area (TPSA) is 121 Å². The Kier molecular flexibility index (Phi) is 5.77. The van der Waals surface area contributed by atoms with Gasteiger partial charge in [-0.25, -0.2) is 4.79 Å². The summed E-state index contributed by atoms with van der Waals surface area (Å²) >= 11 is 0. The Morgan fingerprint density at radius 2 is 2.14 bits per heavy atom. The zero-order valence-corrected chi connectivity index (χ0v) is 11.0. The summed E-state index contributed by atoms with van der Waals surface area (Å²) in [6, 6.07) is 7.20. The number of unbranched alkanes of at least 4 members (excludes halogenated alkanes) is 1. The smallest absolute Gasteiger partial charge is 0.339 e. The molecule has 1 aromatic carbocycles. The molecule has 0 radical (unpaired) electrons. The van der Waals surface area contributed by atoms with E-state index >= 15 is 0 Å². The second-order valence-corrected chi connectivity index (χ2v) is 4.15. The first-order valence-corrected chi connectivity index (χ1v) is 6.05. The van der Waals surface area contributed by atoms with Crippen LogP contribution in [0.5, 0.6) is 0 Å². The van der Waals surface area contributed by atoms with Gasteiger partial charge in [0, 0.05) is 25.0 Å². The number of carbonyl (C=O) groups is 2. The summed E-state index contributed by atoms with van der Waals surface area (Å²) in [5.41, 5.74) is -0.380. The van der Waals surface area contributed by atoms with Crippen molar-refractivity contribution in [2.45, 2.75) is 19.3 Å². The summed E-state index contributed by atoms with van der Waals surface area (Å²) in [4.78, 5) is 32.9. The van der Waals surface area contributed by atoms with E-state index in [-0.39, 0.29) is 30.5 Å². The maximum atomic E-state index is 11.8. The Morgan fingerprint density at radius 1 is 1.43 bits per heavy atom. The fourth-order valence-corrected chi connectivity index (χ4v) is 1.62. The van der Waals surface area contributed by atoms with E-state index in [2.05, 4.69) is 0 Å². The molecular formula is C14H12N2O5. The van der Waals surface area contributed by atoms with Gasteiger partial charge in [-0.05, 0) is 18.1 Å². The van der Waals surface area contributed by atoms with E-state index in [1.54, 1.807) is 0 Å². The molecule has 0 unspecified atom stereocenters. The molecule has 0 aliphatic heterocycles. The van der Waals surface area contributed by atoms with Crippen molar-refractivity contribution in [3.05, 3.63) is 45.5 Å². The van der Waals surface area contributed by atoms with Crippen molar-refractivity contribution in [2.75, 3.05) is 0 Å². The van der Waals surface area contributed by atoms with E-state index in [0.29, 0.717) is 0 Å². The summed E-state index contributed by atoms with van der Waals surface area (Å²) in [7, 11) is 0. The predicted octanol–water partition coefficient (Wildman–Crippen LogP) is 2.33. The van der Waals surface area contributed by atoms with Crippen LogP contribution >= 0.6 is 0 Å². The number of carbonyl (C=O) groups excluding carboxylic acids is 1. The monoisotopic (exact) mass is 288 g/mol. The average molecular weight is 288 g/mol. The van der Waals surface area contributed by atoms with Crippen LogP contribution in [0.25, 0.3) is 6.08 Å². The third kappa shape index (κ3) is 4.87. The quantitative estimate of drug-likeness (QED) is 0.205. The lowest BCUT2D eigenvalue weighted by atomic mass is 10.0. The number of aliphatic carboxylic acids is 1. The number of rotatable bonds is 7. The number of non-ortho nitro benzene ring substituents is 1. The fourth-order valence-electron chi connectivity index (χ4n) is 1.62. The van der Waals surface area contributed by atoms with E-state index < -0.39 is 22.2 Å². The number of hydrogen-bond acceptors (Lipinski definition) is 5. The number of nitro groups is 1. The Hall–Kier alpha value is -3.01.